The van der Waals surface area contributed by atoms with Crippen molar-refractivity contribution in [3.05, 3.63) is 96.8 Å². The average Bonchev–Trinajstić information content (AvgIpc) is 3.31. The summed E-state index contributed by atoms with van der Waals surface area (Å²) in [5, 5.41) is 3.36. The summed E-state index contributed by atoms with van der Waals surface area (Å²) < 4.78 is 7.76. The van der Waals surface area contributed by atoms with Crippen molar-refractivity contribution in [3.8, 4) is 28.3 Å². The first-order valence-electron chi connectivity index (χ1n) is 12.7. The molecule has 1 N–H and O–H groups in total. The third-order valence-electron chi connectivity index (χ3n) is 7.48. The SMILES string of the molecule is COc1nc(-c2cccc(-c3cccc(NC(=O)c4cn(C)c(=O)n(C)c4=O)c3C)c2Cl)cc2c1C(C)CC2. The third-order valence-corrected chi connectivity index (χ3v) is 7.89. The van der Waals surface area contributed by atoms with Gasteiger partial charge in [-0.15, -0.1) is 0 Å². The number of methoxy groups -OCH3 is 1. The lowest BCUT2D eigenvalue weighted by Gasteiger charge is -2.17. The van der Waals surface area contributed by atoms with Crippen molar-refractivity contribution >= 4 is 23.2 Å². The largest absolute Gasteiger partial charge is 0.481 e. The van der Waals surface area contributed by atoms with Crippen molar-refractivity contribution in [2.75, 3.05) is 12.4 Å². The minimum Gasteiger partial charge on any atom is -0.481 e. The standard InChI is InChI=1S/C30H29ClN4O4/c1-16-12-13-18-14-24(33-28(39-5)25(16)18)21-10-6-9-20(26(21)31)19-8-7-11-23(17(19)2)32-27(36)22-15-34(3)30(38)35(4)29(22)37/h6-11,14-16H,12-13H2,1-5H3,(H,32,36). The van der Waals surface area contributed by atoms with Gasteiger partial charge in [0.15, 0.2) is 0 Å². The zero-order valence-corrected chi connectivity index (χ0v) is 23.2. The molecule has 0 fully saturated rings. The molecule has 5 rings (SSSR count). The van der Waals surface area contributed by atoms with Crippen LogP contribution in [0.5, 0.6) is 5.88 Å². The van der Waals surface area contributed by atoms with Crippen LogP contribution in [-0.4, -0.2) is 27.1 Å². The molecule has 1 aliphatic carbocycles. The maximum atomic E-state index is 13.0. The van der Waals surface area contributed by atoms with Gasteiger partial charge >= 0.3 is 5.69 Å². The molecule has 0 saturated carbocycles. The number of halogens is 1. The second-order valence-corrected chi connectivity index (χ2v) is 10.3. The number of pyridine rings is 1. The van der Waals surface area contributed by atoms with Gasteiger partial charge in [0, 0.05) is 42.7 Å². The van der Waals surface area contributed by atoms with Crippen molar-refractivity contribution in [2.24, 2.45) is 14.1 Å². The van der Waals surface area contributed by atoms with E-state index in [1.54, 1.807) is 13.2 Å². The predicted molar refractivity (Wildman–Crippen MR) is 153 cm³/mol. The Kier molecular flexibility index (Phi) is 6.91. The average molecular weight is 545 g/mol. The van der Waals surface area contributed by atoms with E-state index in [4.69, 9.17) is 21.3 Å². The summed E-state index contributed by atoms with van der Waals surface area (Å²) >= 11 is 7.00. The number of benzene rings is 2. The highest BCUT2D eigenvalue weighted by Crippen LogP contribution is 2.43. The van der Waals surface area contributed by atoms with Crippen molar-refractivity contribution in [1.82, 2.24) is 14.1 Å². The van der Waals surface area contributed by atoms with E-state index in [1.807, 2.05) is 37.3 Å². The molecule has 200 valence electrons. The van der Waals surface area contributed by atoms with E-state index in [1.165, 1.54) is 36.0 Å². The summed E-state index contributed by atoms with van der Waals surface area (Å²) in [4.78, 5) is 42.4. The van der Waals surface area contributed by atoms with E-state index < -0.39 is 17.2 Å². The number of fused-ring (bicyclic) bond motifs is 1. The first kappa shape index (κ1) is 26.4. The molecule has 1 unspecified atom stereocenters. The molecule has 1 atom stereocenters. The van der Waals surface area contributed by atoms with Crippen LogP contribution in [0.15, 0.2) is 58.3 Å². The zero-order chi connectivity index (χ0) is 28.0. The van der Waals surface area contributed by atoms with Crippen LogP contribution in [-0.2, 0) is 20.5 Å². The number of anilines is 1. The highest BCUT2D eigenvalue weighted by molar-refractivity contribution is 6.36. The number of nitrogens with zero attached hydrogens (tertiary/aromatic N) is 3. The number of hydrogen-bond donors (Lipinski definition) is 1. The van der Waals surface area contributed by atoms with Crippen molar-refractivity contribution in [3.63, 3.8) is 0 Å². The number of hydrogen-bond acceptors (Lipinski definition) is 5. The molecule has 9 heteroatoms. The van der Waals surface area contributed by atoms with E-state index in [0.29, 0.717) is 22.5 Å². The van der Waals surface area contributed by atoms with Crippen LogP contribution in [0.1, 0.15) is 46.3 Å². The molecule has 2 aromatic heterocycles. The van der Waals surface area contributed by atoms with Crippen molar-refractivity contribution in [2.45, 2.75) is 32.6 Å². The van der Waals surface area contributed by atoms with Gasteiger partial charge in [0.2, 0.25) is 5.88 Å². The first-order valence-corrected chi connectivity index (χ1v) is 13.0. The van der Waals surface area contributed by atoms with Gasteiger partial charge in [0.05, 0.1) is 17.8 Å². The van der Waals surface area contributed by atoms with Crippen LogP contribution < -0.4 is 21.3 Å². The number of ether oxygens (including phenoxy) is 1. The molecule has 0 bridgehead atoms. The molecule has 0 spiro atoms. The monoisotopic (exact) mass is 544 g/mol. The van der Waals surface area contributed by atoms with Gasteiger partial charge in [0.1, 0.15) is 5.56 Å². The highest BCUT2D eigenvalue weighted by Gasteiger charge is 2.26. The molecule has 0 radical (unpaired) electrons. The lowest BCUT2D eigenvalue weighted by molar-refractivity contribution is 0.102. The number of aromatic nitrogens is 3. The Hall–Kier alpha value is -4.17. The molecule has 2 aromatic carbocycles. The lowest BCUT2D eigenvalue weighted by atomic mass is 9.95. The summed E-state index contributed by atoms with van der Waals surface area (Å²) in [6.07, 6.45) is 3.28. The Morgan fingerprint density at radius 1 is 1.10 bits per heavy atom. The van der Waals surface area contributed by atoms with Crippen LogP contribution in [0, 0.1) is 6.92 Å². The van der Waals surface area contributed by atoms with Gasteiger partial charge in [0.25, 0.3) is 11.5 Å². The maximum absolute atomic E-state index is 13.0. The number of aryl methyl sites for hydroxylation is 2. The highest BCUT2D eigenvalue weighted by atomic mass is 35.5. The third kappa shape index (κ3) is 4.55. The zero-order valence-electron chi connectivity index (χ0n) is 22.5. The van der Waals surface area contributed by atoms with Gasteiger partial charge in [-0.05, 0) is 54.5 Å². The summed E-state index contributed by atoms with van der Waals surface area (Å²) in [7, 11) is 4.48. The molecule has 1 amide bonds. The van der Waals surface area contributed by atoms with Crippen LogP contribution in [0.4, 0.5) is 5.69 Å². The van der Waals surface area contributed by atoms with Gasteiger partial charge in [-0.2, -0.15) is 0 Å². The molecule has 1 aliphatic rings. The molecular weight excluding hydrogens is 516 g/mol. The van der Waals surface area contributed by atoms with E-state index in [0.717, 1.165) is 45.4 Å². The predicted octanol–water partition coefficient (Wildman–Crippen LogP) is 5.09. The van der Waals surface area contributed by atoms with Crippen LogP contribution in [0.2, 0.25) is 5.02 Å². The molecule has 8 nitrogen and oxygen atoms in total. The Balaban J connectivity index is 1.54. The summed E-state index contributed by atoms with van der Waals surface area (Å²) in [6, 6.07) is 13.4. The van der Waals surface area contributed by atoms with Crippen LogP contribution in [0.3, 0.4) is 0 Å². The number of carbonyl (C=O) groups is 1. The van der Waals surface area contributed by atoms with Gasteiger partial charge in [-0.3, -0.25) is 14.2 Å². The molecular formula is C30H29ClN4O4. The molecule has 0 saturated heterocycles. The second kappa shape index (κ2) is 10.2. The van der Waals surface area contributed by atoms with Crippen molar-refractivity contribution < 1.29 is 9.53 Å². The number of nitrogens with one attached hydrogen (secondary N) is 1. The number of carbonyl (C=O) groups excluding carboxylic acids is 1. The number of amides is 1. The summed E-state index contributed by atoms with van der Waals surface area (Å²) in [5.41, 5.74) is 5.57. The molecule has 2 heterocycles. The summed E-state index contributed by atoms with van der Waals surface area (Å²) in [5.74, 6) is 0.439. The molecule has 39 heavy (non-hydrogen) atoms. The van der Waals surface area contributed by atoms with Crippen LogP contribution in [0.25, 0.3) is 22.4 Å². The first-order chi connectivity index (χ1) is 18.6. The topological polar surface area (TPSA) is 95.2 Å². The van der Waals surface area contributed by atoms with Gasteiger partial charge in [-0.1, -0.05) is 48.9 Å². The van der Waals surface area contributed by atoms with E-state index >= 15 is 0 Å². The van der Waals surface area contributed by atoms with Crippen LogP contribution >= 0.6 is 11.6 Å². The molecule has 0 aliphatic heterocycles. The molecule has 4 aromatic rings. The Morgan fingerprint density at radius 3 is 2.54 bits per heavy atom. The summed E-state index contributed by atoms with van der Waals surface area (Å²) in [6.45, 7) is 4.07. The van der Waals surface area contributed by atoms with Crippen molar-refractivity contribution in [1.29, 1.82) is 0 Å². The smallest absolute Gasteiger partial charge is 0.330 e. The Bertz CT molecular complexity index is 1760. The van der Waals surface area contributed by atoms with Gasteiger partial charge in [-0.25, -0.2) is 9.78 Å². The second-order valence-electron chi connectivity index (χ2n) is 9.93. The minimum absolute atomic E-state index is 0.129. The van der Waals surface area contributed by atoms with Gasteiger partial charge < -0.3 is 14.6 Å². The fraction of sp³-hybridized carbons (Fsp3) is 0.267. The fourth-order valence-electron chi connectivity index (χ4n) is 5.28. The van der Waals surface area contributed by atoms with E-state index in [2.05, 4.69) is 18.3 Å². The lowest BCUT2D eigenvalue weighted by Crippen LogP contribution is -2.40. The minimum atomic E-state index is -0.660. The quantitative estimate of drug-likeness (QED) is 0.378. The number of rotatable bonds is 5. The Labute approximate surface area is 230 Å². The maximum Gasteiger partial charge on any atom is 0.330 e. The van der Waals surface area contributed by atoms with E-state index in [-0.39, 0.29) is 5.56 Å². The normalized spacial score (nSPS) is 14.3. The Morgan fingerprint density at radius 2 is 1.79 bits per heavy atom. The van der Waals surface area contributed by atoms with E-state index in [9.17, 15) is 14.4 Å². The fourth-order valence-corrected chi connectivity index (χ4v) is 5.60.